The minimum atomic E-state index is -0.630. The van der Waals surface area contributed by atoms with Crippen LogP contribution >= 0.6 is 0 Å². The van der Waals surface area contributed by atoms with Crippen LogP contribution in [0.15, 0.2) is 66.9 Å². The largest absolute Gasteiger partial charge is 0.497 e. The molecule has 0 aliphatic carbocycles. The molecule has 10 nitrogen and oxygen atoms in total. The number of nitrogens with zero attached hydrogens (tertiary/aromatic N) is 3. The predicted molar refractivity (Wildman–Crippen MR) is 148 cm³/mol. The number of para-hydroxylation sites is 1. The highest BCUT2D eigenvalue weighted by molar-refractivity contribution is 5.96. The summed E-state index contributed by atoms with van der Waals surface area (Å²) in [7, 11) is 6.18. The summed E-state index contributed by atoms with van der Waals surface area (Å²) in [6.07, 6.45) is 0.917. The first-order valence-electron chi connectivity index (χ1n) is 12.0. The summed E-state index contributed by atoms with van der Waals surface area (Å²) in [5.74, 6) is 3.06. The van der Waals surface area contributed by atoms with Crippen molar-refractivity contribution in [2.24, 2.45) is 0 Å². The quantitative estimate of drug-likeness (QED) is 0.270. The van der Waals surface area contributed by atoms with Gasteiger partial charge in [-0.25, -0.2) is 14.7 Å². The van der Waals surface area contributed by atoms with Crippen molar-refractivity contribution >= 4 is 29.2 Å². The Kier molecular flexibility index (Phi) is 8.35. The predicted octanol–water partition coefficient (Wildman–Crippen LogP) is 6.21. The number of nitrogens with one attached hydrogen (secondary N) is 1. The number of carbonyl (C=O) groups excluding carboxylic acids is 1. The van der Waals surface area contributed by atoms with Crippen molar-refractivity contribution in [2.45, 2.75) is 13.8 Å². The van der Waals surface area contributed by atoms with E-state index in [0.717, 1.165) is 11.1 Å². The van der Waals surface area contributed by atoms with Crippen LogP contribution in [0.4, 0.5) is 27.9 Å². The van der Waals surface area contributed by atoms with Crippen molar-refractivity contribution in [2.75, 3.05) is 38.7 Å². The number of hydrogen-bond acceptors (Lipinski definition) is 9. The monoisotopic (exact) mass is 530 g/mol. The fourth-order valence-corrected chi connectivity index (χ4v) is 3.97. The Balaban J connectivity index is 1.72. The van der Waals surface area contributed by atoms with E-state index in [4.69, 9.17) is 23.7 Å². The molecule has 1 aromatic heterocycles. The van der Waals surface area contributed by atoms with E-state index in [0.29, 0.717) is 45.9 Å². The fraction of sp³-hybridized carbons (Fsp3) is 0.207. The normalized spacial score (nSPS) is 10.4. The third-order valence-electron chi connectivity index (χ3n) is 5.90. The highest BCUT2D eigenvalue weighted by Crippen LogP contribution is 2.40. The standard InChI is InChI=1S/C29H30N4O6/c1-18-8-7-9-19(2)26(18)39-29(34)33(21-10-12-22(35-3)13-11-21)25-14-15-30-28(32-25)31-20-16-23(36-4)27(38-6)24(17-20)37-5/h7-17H,1-6H3,(H,30,31,32). The zero-order chi connectivity index (χ0) is 27.9. The van der Waals surface area contributed by atoms with Crippen molar-refractivity contribution in [3.63, 3.8) is 0 Å². The number of benzene rings is 3. The van der Waals surface area contributed by atoms with E-state index >= 15 is 0 Å². The molecular weight excluding hydrogens is 500 g/mol. The Hall–Kier alpha value is -4.99. The number of aryl methyl sites for hydroxylation is 2. The van der Waals surface area contributed by atoms with Gasteiger partial charge in [-0.05, 0) is 49.2 Å². The van der Waals surface area contributed by atoms with Crippen LogP contribution in [0.1, 0.15) is 11.1 Å². The highest BCUT2D eigenvalue weighted by atomic mass is 16.6. The van der Waals surface area contributed by atoms with Crippen LogP contribution in [0.3, 0.4) is 0 Å². The molecule has 1 heterocycles. The summed E-state index contributed by atoms with van der Waals surface area (Å²) in [5, 5.41) is 3.14. The molecule has 0 bridgehead atoms. The van der Waals surface area contributed by atoms with Crippen molar-refractivity contribution < 1.29 is 28.5 Å². The molecule has 39 heavy (non-hydrogen) atoms. The molecule has 10 heteroatoms. The fourth-order valence-electron chi connectivity index (χ4n) is 3.97. The lowest BCUT2D eigenvalue weighted by Gasteiger charge is -2.23. The summed E-state index contributed by atoms with van der Waals surface area (Å²) in [5.41, 5.74) is 2.80. The van der Waals surface area contributed by atoms with Crippen LogP contribution in [0.5, 0.6) is 28.7 Å². The molecule has 0 aliphatic heterocycles. The maximum absolute atomic E-state index is 13.6. The third kappa shape index (κ3) is 5.96. The van der Waals surface area contributed by atoms with Gasteiger partial charge < -0.3 is 29.0 Å². The summed E-state index contributed by atoms with van der Waals surface area (Å²) < 4.78 is 27.4. The van der Waals surface area contributed by atoms with Crippen LogP contribution in [0, 0.1) is 13.8 Å². The van der Waals surface area contributed by atoms with Crippen LogP contribution in [0.2, 0.25) is 0 Å². The van der Waals surface area contributed by atoms with E-state index in [9.17, 15) is 4.79 Å². The first kappa shape index (κ1) is 27.1. The van der Waals surface area contributed by atoms with Gasteiger partial charge >= 0.3 is 6.09 Å². The van der Waals surface area contributed by atoms with Gasteiger partial charge in [-0.2, -0.15) is 4.98 Å². The number of hydrogen-bond donors (Lipinski definition) is 1. The molecular formula is C29H30N4O6. The smallest absolute Gasteiger partial charge is 0.425 e. The topological polar surface area (TPSA) is 104 Å². The first-order valence-corrected chi connectivity index (χ1v) is 12.0. The van der Waals surface area contributed by atoms with Gasteiger partial charge in [-0.1, -0.05) is 18.2 Å². The lowest BCUT2D eigenvalue weighted by Crippen LogP contribution is -2.30. The Bertz CT molecular complexity index is 1410. The summed E-state index contributed by atoms with van der Waals surface area (Å²) in [6.45, 7) is 3.77. The molecule has 202 valence electrons. The summed E-state index contributed by atoms with van der Waals surface area (Å²) in [4.78, 5) is 23.9. The van der Waals surface area contributed by atoms with Crippen molar-refractivity contribution in [3.8, 4) is 28.7 Å². The molecule has 1 amide bonds. The van der Waals surface area contributed by atoms with Gasteiger partial charge in [0.1, 0.15) is 17.3 Å². The van der Waals surface area contributed by atoms with Gasteiger partial charge in [0.05, 0.1) is 34.1 Å². The molecule has 4 rings (SSSR count). The van der Waals surface area contributed by atoms with E-state index in [-0.39, 0.29) is 5.95 Å². The minimum absolute atomic E-state index is 0.236. The van der Waals surface area contributed by atoms with Crippen molar-refractivity contribution in [1.29, 1.82) is 0 Å². The second-order valence-electron chi connectivity index (χ2n) is 8.40. The zero-order valence-electron chi connectivity index (χ0n) is 22.6. The second-order valence-corrected chi connectivity index (χ2v) is 8.40. The van der Waals surface area contributed by atoms with Crippen LogP contribution in [-0.4, -0.2) is 44.5 Å². The summed E-state index contributed by atoms with van der Waals surface area (Å²) in [6, 6.07) is 17.8. The molecule has 0 saturated heterocycles. The zero-order valence-corrected chi connectivity index (χ0v) is 22.6. The number of amides is 1. The molecule has 0 unspecified atom stereocenters. The molecule has 0 fully saturated rings. The lowest BCUT2D eigenvalue weighted by atomic mass is 10.1. The molecule has 1 N–H and O–H groups in total. The maximum Gasteiger partial charge on any atom is 0.425 e. The molecule has 0 saturated carbocycles. The third-order valence-corrected chi connectivity index (χ3v) is 5.90. The van der Waals surface area contributed by atoms with E-state index in [2.05, 4.69) is 15.3 Å². The van der Waals surface area contributed by atoms with Gasteiger partial charge in [0.15, 0.2) is 11.5 Å². The molecule has 0 atom stereocenters. The Morgan fingerprint density at radius 3 is 2.00 bits per heavy atom. The number of ether oxygens (including phenoxy) is 5. The van der Waals surface area contributed by atoms with Crippen molar-refractivity contribution in [1.82, 2.24) is 9.97 Å². The Morgan fingerprint density at radius 2 is 1.44 bits per heavy atom. The average Bonchev–Trinajstić information content (AvgIpc) is 2.95. The Labute approximate surface area is 227 Å². The van der Waals surface area contributed by atoms with Crippen LogP contribution in [0.25, 0.3) is 0 Å². The molecule has 0 aliphatic rings. The van der Waals surface area contributed by atoms with E-state index in [1.54, 1.807) is 55.8 Å². The van der Waals surface area contributed by atoms with Crippen LogP contribution < -0.4 is 33.9 Å². The first-order chi connectivity index (χ1) is 18.9. The maximum atomic E-state index is 13.6. The second kappa shape index (κ2) is 12.0. The summed E-state index contributed by atoms with van der Waals surface area (Å²) >= 11 is 0. The lowest BCUT2D eigenvalue weighted by molar-refractivity contribution is 0.209. The van der Waals surface area contributed by atoms with E-state index in [1.807, 2.05) is 32.0 Å². The molecule has 0 spiro atoms. The van der Waals surface area contributed by atoms with Crippen molar-refractivity contribution in [3.05, 3.63) is 78.0 Å². The number of carbonyl (C=O) groups is 1. The highest BCUT2D eigenvalue weighted by Gasteiger charge is 2.24. The SMILES string of the molecule is COc1ccc(N(C(=O)Oc2c(C)cccc2C)c2ccnc(Nc3cc(OC)c(OC)c(OC)c3)n2)cc1. The number of anilines is 4. The van der Waals surface area contributed by atoms with Gasteiger partial charge in [0.2, 0.25) is 11.7 Å². The molecule has 4 aromatic rings. The number of methoxy groups -OCH3 is 4. The van der Waals surface area contributed by atoms with Gasteiger partial charge in [-0.15, -0.1) is 0 Å². The number of aromatic nitrogens is 2. The number of rotatable bonds is 9. The van der Waals surface area contributed by atoms with E-state index < -0.39 is 6.09 Å². The minimum Gasteiger partial charge on any atom is -0.497 e. The van der Waals surface area contributed by atoms with E-state index in [1.165, 1.54) is 26.2 Å². The van der Waals surface area contributed by atoms with Gasteiger partial charge in [-0.3, -0.25) is 0 Å². The Morgan fingerprint density at radius 1 is 0.795 bits per heavy atom. The molecule has 3 aromatic carbocycles. The van der Waals surface area contributed by atoms with Gasteiger partial charge in [0, 0.05) is 30.1 Å². The van der Waals surface area contributed by atoms with Gasteiger partial charge in [0.25, 0.3) is 0 Å². The molecule has 0 radical (unpaired) electrons. The van der Waals surface area contributed by atoms with Crippen LogP contribution in [-0.2, 0) is 0 Å². The average molecular weight is 531 g/mol.